The standard InChI is InChI=1S/C13H19FN2O2/c1-17-9-4-5-10(11(14)8-9)12(16-15)13(18-2)6-3-7-13/h4-5,8,12,16H,3,6-7,15H2,1-2H3. The normalized spacial score (nSPS) is 19.1. The highest BCUT2D eigenvalue weighted by Gasteiger charge is 2.45. The molecule has 0 amide bonds. The van der Waals surface area contributed by atoms with Crippen LogP contribution in [-0.4, -0.2) is 19.8 Å². The van der Waals surface area contributed by atoms with Gasteiger partial charge < -0.3 is 9.47 Å². The second-order valence-electron chi connectivity index (χ2n) is 4.61. The molecular formula is C13H19FN2O2. The fourth-order valence-electron chi connectivity index (χ4n) is 2.53. The Morgan fingerprint density at radius 2 is 2.11 bits per heavy atom. The first kappa shape index (κ1) is 13.3. The molecule has 0 heterocycles. The molecule has 0 aromatic heterocycles. The summed E-state index contributed by atoms with van der Waals surface area (Å²) in [5.74, 6) is 5.75. The Hall–Kier alpha value is -1.17. The molecule has 1 aliphatic carbocycles. The van der Waals surface area contributed by atoms with Crippen molar-refractivity contribution in [3.8, 4) is 5.75 Å². The molecule has 1 unspecified atom stereocenters. The van der Waals surface area contributed by atoms with E-state index in [0.717, 1.165) is 19.3 Å². The summed E-state index contributed by atoms with van der Waals surface area (Å²) in [6.07, 6.45) is 2.83. The number of methoxy groups -OCH3 is 2. The smallest absolute Gasteiger partial charge is 0.131 e. The lowest BCUT2D eigenvalue weighted by Crippen LogP contribution is -2.52. The second-order valence-corrected chi connectivity index (χ2v) is 4.61. The minimum absolute atomic E-state index is 0.333. The van der Waals surface area contributed by atoms with Crippen LogP contribution in [-0.2, 0) is 4.74 Å². The average Bonchev–Trinajstić information content (AvgIpc) is 2.34. The molecule has 1 atom stereocenters. The Morgan fingerprint density at radius 1 is 1.39 bits per heavy atom. The maximum Gasteiger partial charge on any atom is 0.131 e. The van der Waals surface area contributed by atoms with E-state index in [1.807, 2.05) is 0 Å². The summed E-state index contributed by atoms with van der Waals surface area (Å²) in [7, 11) is 3.15. The molecule has 2 rings (SSSR count). The molecule has 100 valence electrons. The van der Waals surface area contributed by atoms with E-state index in [9.17, 15) is 4.39 Å². The van der Waals surface area contributed by atoms with Crippen LogP contribution in [0, 0.1) is 5.82 Å². The predicted molar refractivity (Wildman–Crippen MR) is 66.6 cm³/mol. The molecule has 3 N–H and O–H groups in total. The second kappa shape index (κ2) is 5.22. The van der Waals surface area contributed by atoms with Gasteiger partial charge in [-0.15, -0.1) is 0 Å². The Morgan fingerprint density at radius 3 is 2.50 bits per heavy atom. The summed E-state index contributed by atoms with van der Waals surface area (Å²) >= 11 is 0. The van der Waals surface area contributed by atoms with Gasteiger partial charge in [-0.1, -0.05) is 6.07 Å². The molecule has 0 spiro atoms. The Kier molecular flexibility index (Phi) is 3.85. The molecular weight excluding hydrogens is 235 g/mol. The van der Waals surface area contributed by atoms with Crippen LogP contribution in [0.1, 0.15) is 30.9 Å². The van der Waals surface area contributed by atoms with Crippen LogP contribution in [0.3, 0.4) is 0 Å². The maximum absolute atomic E-state index is 14.1. The van der Waals surface area contributed by atoms with Gasteiger partial charge in [0, 0.05) is 18.7 Å². The molecule has 0 radical (unpaired) electrons. The van der Waals surface area contributed by atoms with E-state index in [2.05, 4.69) is 5.43 Å². The van der Waals surface area contributed by atoms with Crippen LogP contribution in [0.4, 0.5) is 4.39 Å². The summed E-state index contributed by atoms with van der Waals surface area (Å²) in [5, 5.41) is 0. The van der Waals surface area contributed by atoms with Gasteiger partial charge in [0.2, 0.25) is 0 Å². The van der Waals surface area contributed by atoms with Crippen molar-refractivity contribution in [1.82, 2.24) is 5.43 Å². The summed E-state index contributed by atoms with van der Waals surface area (Å²) in [6, 6.07) is 4.44. The highest BCUT2D eigenvalue weighted by Crippen LogP contribution is 2.45. The molecule has 1 aromatic carbocycles. The van der Waals surface area contributed by atoms with Crippen molar-refractivity contribution in [2.75, 3.05) is 14.2 Å². The molecule has 1 fully saturated rings. The molecule has 0 bridgehead atoms. The first-order valence-corrected chi connectivity index (χ1v) is 6.01. The minimum atomic E-state index is -0.399. The van der Waals surface area contributed by atoms with E-state index in [1.165, 1.54) is 13.2 Å². The summed E-state index contributed by atoms with van der Waals surface area (Å²) in [4.78, 5) is 0. The molecule has 18 heavy (non-hydrogen) atoms. The zero-order valence-corrected chi connectivity index (χ0v) is 10.7. The monoisotopic (exact) mass is 254 g/mol. The number of ether oxygens (including phenoxy) is 2. The third kappa shape index (κ3) is 2.09. The van der Waals surface area contributed by atoms with Gasteiger partial charge in [0.25, 0.3) is 0 Å². The van der Waals surface area contributed by atoms with E-state index in [0.29, 0.717) is 11.3 Å². The number of benzene rings is 1. The van der Waals surface area contributed by atoms with Crippen LogP contribution >= 0.6 is 0 Å². The van der Waals surface area contributed by atoms with Gasteiger partial charge in [0.05, 0.1) is 18.8 Å². The quantitative estimate of drug-likeness (QED) is 0.622. The fourth-order valence-corrected chi connectivity index (χ4v) is 2.53. The van der Waals surface area contributed by atoms with Crippen molar-refractivity contribution < 1.29 is 13.9 Å². The van der Waals surface area contributed by atoms with Crippen LogP contribution in [0.2, 0.25) is 0 Å². The van der Waals surface area contributed by atoms with Gasteiger partial charge in [-0.3, -0.25) is 5.84 Å². The lowest BCUT2D eigenvalue weighted by atomic mass is 9.72. The third-order valence-electron chi connectivity index (χ3n) is 3.82. The molecule has 0 aliphatic heterocycles. The number of rotatable bonds is 5. The van der Waals surface area contributed by atoms with Crippen molar-refractivity contribution in [2.24, 2.45) is 5.84 Å². The van der Waals surface area contributed by atoms with Gasteiger partial charge >= 0.3 is 0 Å². The average molecular weight is 254 g/mol. The molecule has 4 nitrogen and oxygen atoms in total. The highest BCUT2D eigenvalue weighted by molar-refractivity contribution is 5.32. The highest BCUT2D eigenvalue weighted by atomic mass is 19.1. The van der Waals surface area contributed by atoms with Gasteiger partial charge in [0.15, 0.2) is 0 Å². The van der Waals surface area contributed by atoms with Crippen molar-refractivity contribution in [3.05, 3.63) is 29.6 Å². The Balaban J connectivity index is 2.33. The van der Waals surface area contributed by atoms with E-state index in [4.69, 9.17) is 15.3 Å². The number of hydrogen-bond donors (Lipinski definition) is 2. The summed E-state index contributed by atoms with van der Waals surface area (Å²) in [6.45, 7) is 0. The number of nitrogens with one attached hydrogen (secondary N) is 1. The number of hydrazine groups is 1. The van der Waals surface area contributed by atoms with Gasteiger partial charge in [-0.05, 0) is 25.3 Å². The predicted octanol–water partition coefficient (Wildman–Crippen LogP) is 1.91. The van der Waals surface area contributed by atoms with Gasteiger partial charge in [-0.25, -0.2) is 9.82 Å². The topological polar surface area (TPSA) is 56.5 Å². The maximum atomic E-state index is 14.1. The third-order valence-corrected chi connectivity index (χ3v) is 3.82. The van der Waals surface area contributed by atoms with Crippen LogP contribution < -0.4 is 16.0 Å². The first-order valence-electron chi connectivity index (χ1n) is 6.01. The van der Waals surface area contributed by atoms with Crippen LogP contribution in [0.25, 0.3) is 0 Å². The van der Waals surface area contributed by atoms with Crippen LogP contribution in [0.5, 0.6) is 5.75 Å². The fraction of sp³-hybridized carbons (Fsp3) is 0.538. The molecule has 1 saturated carbocycles. The summed E-state index contributed by atoms with van der Waals surface area (Å²) < 4.78 is 24.6. The minimum Gasteiger partial charge on any atom is -0.497 e. The van der Waals surface area contributed by atoms with Crippen LogP contribution in [0.15, 0.2) is 18.2 Å². The van der Waals surface area contributed by atoms with E-state index >= 15 is 0 Å². The van der Waals surface area contributed by atoms with Crippen molar-refractivity contribution in [3.63, 3.8) is 0 Å². The number of nitrogens with two attached hydrogens (primary N) is 1. The molecule has 5 heteroatoms. The Bertz CT molecular complexity index is 416. The van der Waals surface area contributed by atoms with Crippen molar-refractivity contribution in [2.45, 2.75) is 30.9 Å². The van der Waals surface area contributed by atoms with Crippen molar-refractivity contribution >= 4 is 0 Å². The van der Waals surface area contributed by atoms with E-state index < -0.39 is 5.60 Å². The van der Waals surface area contributed by atoms with Gasteiger partial charge in [0.1, 0.15) is 11.6 Å². The zero-order chi connectivity index (χ0) is 13.2. The molecule has 1 aromatic rings. The first-order chi connectivity index (χ1) is 8.66. The van der Waals surface area contributed by atoms with Gasteiger partial charge in [-0.2, -0.15) is 0 Å². The van der Waals surface area contributed by atoms with E-state index in [1.54, 1.807) is 19.2 Å². The Labute approximate surface area is 106 Å². The lowest BCUT2D eigenvalue weighted by molar-refractivity contribution is -0.101. The SMILES string of the molecule is COc1ccc(C(NN)C2(OC)CCC2)c(F)c1. The van der Waals surface area contributed by atoms with Crippen molar-refractivity contribution in [1.29, 1.82) is 0 Å². The summed E-state index contributed by atoms with van der Waals surface area (Å²) in [5.41, 5.74) is 2.80. The largest absolute Gasteiger partial charge is 0.497 e. The lowest BCUT2D eigenvalue weighted by Gasteiger charge is -2.46. The molecule has 0 saturated heterocycles. The zero-order valence-electron chi connectivity index (χ0n) is 10.7. The number of hydrogen-bond acceptors (Lipinski definition) is 4. The van der Waals surface area contributed by atoms with E-state index in [-0.39, 0.29) is 11.9 Å². The molecule has 1 aliphatic rings. The number of halogens is 1.